The zero-order valence-electron chi connectivity index (χ0n) is 16.9. The summed E-state index contributed by atoms with van der Waals surface area (Å²) in [7, 11) is -2.50. The van der Waals surface area contributed by atoms with Crippen LogP contribution in [0.15, 0.2) is 60.7 Å². The Balaban J connectivity index is 1.92. The van der Waals surface area contributed by atoms with Gasteiger partial charge >= 0.3 is 5.97 Å². The average Bonchev–Trinajstić information content (AvgIpc) is 3.05. The predicted octanol–water partition coefficient (Wildman–Crippen LogP) is 4.32. The maximum absolute atomic E-state index is 11.7. The molecular formula is C23H29IO3Si. The van der Waals surface area contributed by atoms with Crippen LogP contribution in [-0.2, 0) is 14.0 Å². The van der Waals surface area contributed by atoms with E-state index in [4.69, 9.17) is 9.16 Å². The molecule has 1 fully saturated rings. The summed E-state index contributed by atoms with van der Waals surface area (Å²) in [6.45, 7) is 7.50. The van der Waals surface area contributed by atoms with E-state index in [9.17, 15) is 4.79 Å². The van der Waals surface area contributed by atoms with E-state index in [0.29, 0.717) is 13.0 Å². The molecule has 0 aromatic heterocycles. The van der Waals surface area contributed by atoms with Crippen molar-refractivity contribution < 1.29 is 14.0 Å². The van der Waals surface area contributed by atoms with Crippen molar-refractivity contribution in [2.24, 2.45) is 5.92 Å². The highest BCUT2D eigenvalue weighted by atomic mass is 127. The lowest BCUT2D eigenvalue weighted by molar-refractivity contribution is -0.140. The standard InChI is InChI=1S/C23H29IO3Si/c1-23(2,3)28(19-10-6-4-7-11-19,20-12-8-5-9-13-20)26-15-14-18-16-22(25)27-21(18)17-24/h4-13,18,21H,14-17H2,1-3H3/t18-,21+/m1/s1. The number of hydrogen-bond acceptors (Lipinski definition) is 3. The Kier molecular flexibility index (Phi) is 6.99. The number of alkyl halides is 1. The van der Waals surface area contributed by atoms with Crippen molar-refractivity contribution in [2.45, 2.75) is 44.8 Å². The van der Waals surface area contributed by atoms with Crippen molar-refractivity contribution in [3.8, 4) is 0 Å². The van der Waals surface area contributed by atoms with Gasteiger partial charge < -0.3 is 9.16 Å². The number of ether oxygens (including phenoxy) is 1. The third-order valence-corrected chi connectivity index (χ3v) is 11.5. The minimum Gasteiger partial charge on any atom is -0.461 e. The molecule has 28 heavy (non-hydrogen) atoms. The zero-order chi connectivity index (χ0) is 20.2. The molecule has 0 aliphatic carbocycles. The largest absolute Gasteiger partial charge is 0.461 e. The van der Waals surface area contributed by atoms with Crippen molar-refractivity contribution in [3.63, 3.8) is 0 Å². The molecule has 1 aliphatic heterocycles. The number of carbonyl (C=O) groups is 1. The summed E-state index contributed by atoms with van der Waals surface area (Å²) in [5, 5.41) is 2.55. The summed E-state index contributed by atoms with van der Waals surface area (Å²) in [4.78, 5) is 11.7. The molecule has 0 spiro atoms. The van der Waals surface area contributed by atoms with Crippen LogP contribution in [-0.4, -0.2) is 31.4 Å². The Morgan fingerprint density at radius 1 is 1.04 bits per heavy atom. The SMILES string of the molecule is CC(C)(C)[Si](OCC[C@@H]1CC(=O)O[C@H]1CI)(c1ccccc1)c1ccccc1. The van der Waals surface area contributed by atoms with Gasteiger partial charge in [-0.05, 0) is 21.8 Å². The highest BCUT2D eigenvalue weighted by Crippen LogP contribution is 2.37. The van der Waals surface area contributed by atoms with E-state index in [1.54, 1.807) is 0 Å². The average molecular weight is 508 g/mol. The number of halogens is 1. The number of carbonyl (C=O) groups excluding carboxylic acids is 1. The fourth-order valence-electron chi connectivity index (χ4n) is 4.23. The molecule has 3 rings (SSSR count). The lowest BCUT2D eigenvalue weighted by Gasteiger charge is -2.43. The number of hydrogen-bond donors (Lipinski definition) is 0. The molecule has 0 radical (unpaired) electrons. The van der Waals surface area contributed by atoms with E-state index in [1.165, 1.54) is 10.4 Å². The number of esters is 1. The molecule has 2 aromatic rings. The summed E-state index contributed by atoms with van der Waals surface area (Å²) in [5.74, 6) is 0.180. The molecule has 5 heteroatoms. The van der Waals surface area contributed by atoms with Crippen molar-refractivity contribution in [1.29, 1.82) is 0 Å². The topological polar surface area (TPSA) is 35.5 Å². The predicted molar refractivity (Wildman–Crippen MR) is 125 cm³/mol. The fourth-order valence-corrected chi connectivity index (χ4v) is 9.71. The Morgan fingerprint density at radius 3 is 2.04 bits per heavy atom. The summed E-state index contributed by atoms with van der Waals surface area (Å²) >= 11 is 2.30. The molecule has 2 atom stereocenters. The van der Waals surface area contributed by atoms with Crippen molar-refractivity contribution in [1.82, 2.24) is 0 Å². The van der Waals surface area contributed by atoms with Gasteiger partial charge in [-0.2, -0.15) is 0 Å². The van der Waals surface area contributed by atoms with Gasteiger partial charge in [-0.1, -0.05) is 104 Å². The minimum absolute atomic E-state index is 0.0239. The van der Waals surface area contributed by atoms with Gasteiger partial charge in [0.05, 0.1) is 6.42 Å². The quantitative estimate of drug-likeness (QED) is 0.242. The number of rotatable bonds is 7. The van der Waals surface area contributed by atoms with Crippen molar-refractivity contribution in [3.05, 3.63) is 60.7 Å². The van der Waals surface area contributed by atoms with Gasteiger partial charge in [-0.25, -0.2) is 0 Å². The number of cyclic esters (lactones) is 1. The van der Waals surface area contributed by atoms with Crippen LogP contribution in [0, 0.1) is 5.92 Å². The first kappa shape index (κ1) is 21.5. The van der Waals surface area contributed by atoms with E-state index >= 15 is 0 Å². The minimum atomic E-state index is -2.50. The highest BCUT2D eigenvalue weighted by Gasteiger charge is 2.50. The lowest BCUT2D eigenvalue weighted by atomic mass is 9.99. The Morgan fingerprint density at radius 2 is 1.57 bits per heavy atom. The summed E-state index contributed by atoms with van der Waals surface area (Å²) in [6, 6.07) is 21.4. The van der Waals surface area contributed by atoms with Crippen LogP contribution in [0.2, 0.25) is 5.04 Å². The van der Waals surface area contributed by atoms with E-state index in [2.05, 4.69) is 104 Å². The molecular weight excluding hydrogens is 479 g/mol. The number of benzene rings is 2. The van der Waals surface area contributed by atoms with Crippen LogP contribution in [0.3, 0.4) is 0 Å². The molecule has 0 bridgehead atoms. The lowest BCUT2D eigenvalue weighted by Crippen LogP contribution is -2.66. The molecule has 0 saturated carbocycles. The first-order valence-corrected chi connectivity index (χ1v) is 13.3. The zero-order valence-corrected chi connectivity index (χ0v) is 20.0. The smallest absolute Gasteiger partial charge is 0.306 e. The second-order valence-corrected chi connectivity index (χ2v) is 13.6. The Bertz CT molecular complexity index is 734. The van der Waals surface area contributed by atoms with Crippen LogP contribution < -0.4 is 10.4 Å². The van der Waals surface area contributed by atoms with Gasteiger partial charge in [-0.3, -0.25) is 4.79 Å². The summed E-state index contributed by atoms with van der Waals surface area (Å²) < 4.78 is 13.2. The van der Waals surface area contributed by atoms with E-state index in [1.807, 2.05) is 0 Å². The maximum Gasteiger partial charge on any atom is 0.306 e. The Hall–Kier alpha value is -1.18. The first-order chi connectivity index (χ1) is 13.4. The second-order valence-electron chi connectivity index (χ2n) is 8.45. The van der Waals surface area contributed by atoms with Crippen molar-refractivity contribution >= 4 is 47.3 Å². The van der Waals surface area contributed by atoms with Gasteiger partial charge in [0.25, 0.3) is 8.32 Å². The molecule has 0 N–H and O–H groups in total. The molecule has 1 aliphatic rings. The van der Waals surface area contributed by atoms with Gasteiger partial charge in [-0.15, -0.1) is 0 Å². The second kappa shape index (κ2) is 9.09. The van der Waals surface area contributed by atoms with E-state index in [-0.39, 0.29) is 23.0 Å². The van der Waals surface area contributed by atoms with Crippen LogP contribution >= 0.6 is 22.6 Å². The van der Waals surface area contributed by atoms with Crippen LogP contribution in [0.4, 0.5) is 0 Å². The fraction of sp³-hybridized carbons (Fsp3) is 0.435. The highest BCUT2D eigenvalue weighted by molar-refractivity contribution is 14.1. The third kappa shape index (κ3) is 4.36. The third-order valence-electron chi connectivity index (χ3n) is 5.61. The van der Waals surface area contributed by atoms with Gasteiger partial charge in [0.2, 0.25) is 0 Å². The molecule has 0 amide bonds. The summed E-state index contributed by atoms with van der Waals surface area (Å²) in [6.07, 6.45) is 1.39. The maximum atomic E-state index is 11.7. The van der Waals surface area contributed by atoms with E-state index < -0.39 is 8.32 Å². The molecule has 0 unspecified atom stereocenters. The molecule has 150 valence electrons. The van der Waals surface area contributed by atoms with E-state index in [0.717, 1.165) is 10.8 Å². The molecule has 3 nitrogen and oxygen atoms in total. The van der Waals surface area contributed by atoms with Gasteiger partial charge in [0.15, 0.2) is 0 Å². The molecule has 1 heterocycles. The van der Waals surface area contributed by atoms with Gasteiger partial charge in [0.1, 0.15) is 6.10 Å². The van der Waals surface area contributed by atoms with Crippen LogP contribution in [0.5, 0.6) is 0 Å². The molecule has 2 aromatic carbocycles. The molecule has 1 saturated heterocycles. The van der Waals surface area contributed by atoms with Crippen LogP contribution in [0.1, 0.15) is 33.6 Å². The Labute approximate surface area is 183 Å². The first-order valence-electron chi connectivity index (χ1n) is 9.89. The van der Waals surface area contributed by atoms with Gasteiger partial charge in [0, 0.05) is 17.0 Å². The van der Waals surface area contributed by atoms with Crippen molar-refractivity contribution in [2.75, 3.05) is 11.0 Å². The van der Waals surface area contributed by atoms with Crippen LogP contribution in [0.25, 0.3) is 0 Å². The monoisotopic (exact) mass is 508 g/mol. The summed E-state index contributed by atoms with van der Waals surface area (Å²) in [5.41, 5.74) is 0. The normalized spacial score (nSPS) is 20.2.